The molecule has 5 unspecified atom stereocenters. The Morgan fingerprint density at radius 3 is 2.24 bits per heavy atom. The Bertz CT molecular complexity index is 1020. The smallest absolute Gasteiger partial charge is 0.330 e. The molecule has 0 aliphatic carbocycles. The number of phenolic OH excluding ortho intramolecular Hbond substituents is 3. The quantitative estimate of drug-likeness (QED) is 0.156. The van der Waals surface area contributed by atoms with Crippen LogP contribution in [-0.2, 0) is 33.7 Å². The van der Waals surface area contributed by atoms with Crippen molar-refractivity contribution < 1.29 is 50.0 Å². The summed E-state index contributed by atoms with van der Waals surface area (Å²) in [5.41, 5.74) is 1.61. The molecule has 2 aromatic carbocycles. The lowest BCUT2D eigenvalue weighted by Gasteiger charge is -2.40. The first-order chi connectivity index (χ1) is 16.2. The van der Waals surface area contributed by atoms with E-state index < -0.39 is 43.1 Å². The van der Waals surface area contributed by atoms with E-state index in [0.717, 1.165) is 0 Å². The van der Waals surface area contributed by atoms with Gasteiger partial charge in [-0.2, -0.15) is 0 Å². The summed E-state index contributed by atoms with van der Waals surface area (Å²) in [4.78, 5) is 11.9. The van der Waals surface area contributed by atoms with Crippen LogP contribution in [0.5, 0.6) is 17.2 Å². The number of aliphatic hydroxyl groups excluding tert-OH is 4. The van der Waals surface area contributed by atoms with Crippen molar-refractivity contribution in [2.45, 2.75) is 50.0 Å². The van der Waals surface area contributed by atoms with Crippen molar-refractivity contribution in [2.24, 2.45) is 0 Å². The number of carbonyl (C=O) groups is 1. The van der Waals surface area contributed by atoms with Crippen LogP contribution in [-0.4, -0.2) is 78.8 Å². The molecule has 34 heavy (non-hydrogen) atoms. The Labute approximate surface area is 195 Å². The molecular formula is C24H28O10. The van der Waals surface area contributed by atoms with E-state index in [4.69, 9.17) is 9.47 Å². The monoisotopic (exact) mass is 476 g/mol. The van der Waals surface area contributed by atoms with Gasteiger partial charge < -0.3 is 45.2 Å². The van der Waals surface area contributed by atoms with Gasteiger partial charge in [0.1, 0.15) is 36.8 Å². The molecule has 5 atom stereocenters. The van der Waals surface area contributed by atoms with Gasteiger partial charge in [0.15, 0.2) is 11.5 Å². The van der Waals surface area contributed by atoms with Crippen LogP contribution in [0.2, 0.25) is 0 Å². The second-order valence-electron chi connectivity index (χ2n) is 8.07. The number of ether oxygens (including phenoxy) is 2. The largest absolute Gasteiger partial charge is 0.508 e. The Morgan fingerprint density at radius 2 is 1.56 bits per heavy atom. The van der Waals surface area contributed by atoms with Crippen molar-refractivity contribution in [1.82, 2.24) is 0 Å². The third-order valence-electron chi connectivity index (χ3n) is 5.59. The molecule has 1 fully saturated rings. The van der Waals surface area contributed by atoms with Gasteiger partial charge in [0.25, 0.3) is 0 Å². The van der Waals surface area contributed by atoms with Gasteiger partial charge >= 0.3 is 5.97 Å². The number of aliphatic hydroxyl groups is 4. The summed E-state index contributed by atoms with van der Waals surface area (Å²) >= 11 is 0. The third-order valence-corrected chi connectivity index (χ3v) is 5.59. The summed E-state index contributed by atoms with van der Waals surface area (Å²) in [6, 6.07) is 8.93. The fourth-order valence-electron chi connectivity index (χ4n) is 3.63. The van der Waals surface area contributed by atoms with Gasteiger partial charge in [-0.25, -0.2) is 4.79 Å². The van der Waals surface area contributed by atoms with Crippen molar-refractivity contribution in [3.8, 4) is 17.2 Å². The lowest BCUT2D eigenvalue weighted by Crippen LogP contribution is -2.59. The average Bonchev–Trinajstić information content (AvgIpc) is 2.81. The molecule has 0 spiro atoms. The number of rotatable bonds is 8. The second kappa shape index (κ2) is 11.3. The SMILES string of the molecule is O=C(C=CCc1ccc(O)c(O)c1)OCc1ccc(CC2OC(CO)C(O)C(O)C2O)c(O)c1. The number of allylic oxidation sites excluding steroid dienone is 1. The maximum Gasteiger partial charge on any atom is 0.330 e. The maximum absolute atomic E-state index is 11.9. The van der Waals surface area contributed by atoms with Crippen LogP contribution in [0.3, 0.4) is 0 Å². The van der Waals surface area contributed by atoms with Crippen molar-refractivity contribution >= 4 is 5.97 Å². The van der Waals surface area contributed by atoms with Crippen LogP contribution in [0.1, 0.15) is 16.7 Å². The van der Waals surface area contributed by atoms with Crippen LogP contribution in [0, 0.1) is 0 Å². The van der Waals surface area contributed by atoms with Gasteiger partial charge in [-0.05, 0) is 41.3 Å². The minimum Gasteiger partial charge on any atom is -0.508 e. The summed E-state index contributed by atoms with van der Waals surface area (Å²) in [5.74, 6) is -1.21. The van der Waals surface area contributed by atoms with Gasteiger partial charge in [-0.1, -0.05) is 24.3 Å². The Morgan fingerprint density at radius 1 is 0.882 bits per heavy atom. The predicted molar refractivity (Wildman–Crippen MR) is 118 cm³/mol. The summed E-state index contributed by atoms with van der Waals surface area (Å²) < 4.78 is 10.6. The van der Waals surface area contributed by atoms with Crippen LogP contribution in [0.25, 0.3) is 0 Å². The first kappa shape index (κ1) is 25.5. The van der Waals surface area contributed by atoms with Gasteiger partial charge in [-0.15, -0.1) is 0 Å². The molecule has 0 amide bonds. The molecule has 1 saturated heterocycles. The molecule has 0 bridgehead atoms. The molecule has 0 saturated carbocycles. The summed E-state index contributed by atoms with van der Waals surface area (Å²) in [6.07, 6.45) is -3.20. The van der Waals surface area contributed by atoms with E-state index in [1.807, 2.05) is 0 Å². The van der Waals surface area contributed by atoms with E-state index in [1.54, 1.807) is 24.3 Å². The number of esters is 1. The van der Waals surface area contributed by atoms with Crippen molar-refractivity contribution in [2.75, 3.05) is 6.61 Å². The molecule has 7 N–H and O–H groups in total. The minimum absolute atomic E-state index is 0.0168. The maximum atomic E-state index is 11.9. The highest BCUT2D eigenvalue weighted by molar-refractivity contribution is 5.81. The molecular weight excluding hydrogens is 448 g/mol. The highest BCUT2D eigenvalue weighted by Gasteiger charge is 2.43. The zero-order valence-electron chi connectivity index (χ0n) is 18.2. The molecule has 1 heterocycles. The number of hydrogen-bond donors (Lipinski definition) is 7. The summed E-state index contributed by atoms with van der Waals surface area (Å²) in [6.45, 7) is -0.638. The Hall–Kier alpha value is -3.15. The number of hydrogen-bond acceptors (Lipinski definition) is 10. The number of aromatic hydroxyl groups is 3. The van der Waals surface area contributed by atoms with Gasteiger partial charge in [0.2, 0.25) is 0 Å². The van der Waals surface area contributed by atoms with Gasteiger partial charge in [0.05, 0.1) is 12.7 Å². The minimum atomic E-state index is -1.50. The molecule has 184 valence electrons. The second-order valence-corrected chi connectivity index (χ2v) is 8.07. The topological polar surface area (TPSA) is 177 Å². The summed E-state index contributed by atoms with van der Waals surface area (Å²) in [5, 5.41) is 68.3. The van der Waals surface area contributed by atoms with E-state index in [-0.39, 0.29) is 30.3 Å². The fraction of sp³-hybridized carbons (Fsp3) is 0.375. The van der Waals surface area contributed by atoms with Gasteiger partial charge in [0, 0.05) is 12.5 Å². The van der Waals surface area contributed by atoms with E-state index in [2.05, 4.69) is 0 Å². The van der Waals surface area contributed by atoms with E-state index in [1.165, 1.54) is 24.3 Å². The Balaban J connectivity index is 1.52. The van der Waals surface area contributed by atoms with E-state index >= 15 is 0 Å². The van der Waals surface area contributed by atoms with Crippen LogP contribution < -0.4 is 0 Å². The van der Waals surface area contributed by atoms with Crippen LogP contribution >= 0.6 is 0 Å². The standard InChI is InChI=1S/C24H28O10/c25-11-20-23(31)24(32)22(30)19(34-20)10-15-6-4-14(9-17(15)27)12-33-21(29)3-1-2-13-5-7-16(26)18(28)8-13/h1,3-9,19-20,22-28,30-32H,2,10-12H2. The molecule has 1 aliphatic heterocycles. The Kier molecular flexibility index (Phi) is 8.48. The molecule has 3 rings (SSSR count). The van der Waals surface area contributed by atoms with Crippen molar-refractivity contribution in [1.29, 1.82) is 0 Å². The van der Waals surface area contributed by atoms with Crippen LogP contribution in [0.4, 0.5) is 0 Å². The van der Waals surface area contributed by atoms with Crippen molar-refractivity contribution in [3.63, 3.8) is 0 Å². The average molecular weight is 476 g/mol. The van der Waals surface area contributed by atoms with Crippen LogP contribution in [0.15, 0.2) is 48.6 Å². The molecule has 10 nitrogen and oxygen atoms in total. The molecule has 1 aliphatic rings. The third kappa shape index (κ3) is 6.25. The molecule has 10 heteroatoms. The van der Waals surface area contributed by atoms with E-state index in [0.29, 0.717) is 23.1 Å². The van der Waals surface area contributed by atoms with Gasteiger partial charge in [-0.3, -0.25) is 0 Å². The molecule has 0 aromatic heterocycles. The first-order valence-electron chi connectivity index (χ1n) is 10.6. The highest BCUT2D eigenvalue weighted by Crippen LogP contribution is 2.28. The van der Waals surface area contributed by atoms with Crippen molar-refractivity contribution in [3.05, 3.63) is 65.2 Å². The molecule has 2 aromatic rings. The lowest BCUT2D eigenvalue weighted by atomic mass is 9.91. The number of phenols is 3. The number of carbonyl (C=O) groups excluding carboxylic acids is 1. The van der Waals surface area contributed by atoms with E-state index in [9.17, 15) is 40.5 Å². The lowest BCUT2D eigenvalue weighted by molar-refractivity contribution is -0.228. The highest BCUT2D eigenvalue weighted by atomic mass is 16.5. The molecule has 0 radical (unpaired) electrons. The normalized spacial score (nSPS) is 24.9. The zero-order valence-corrected chi connectivity index (χ0v) is 18.2. The zero-order chi connectivity index (χ0) is 24.8. The summed E-state index contributed by atoms with van der Waals surface area (Å²) in [7, 11) is 0. The predicted octanol–water partition coefficient (Wildman–Crippen LogP) is 0.0304. The fourth-order valence-corrected chi connectivity index (χ4v) is 3.63. The number of benzene rings is 2. The first-order valence-corrected chi connectivity index (χ1v) is 10.6.